The summed E-state index contributed by atoms with van der Waals surface area (Å²) in [7, 11) is 1.28. The van der Waals surface area contributed by atoms with E-state index >= 15 is 0 Å². The van der Waals surface area contributed by atoms with Gasteiger partial charge in [0.05, 0.1) is 18.5 Å². The van der Waals surface area contributed by atoms with Crippen molar-refractivity contribution >= 4 is 40.3 Å². The molecule has 2 amide bonds. The predicted molar refractivity (Wildman–Crippen MR) is 110 cm³/mol. The Labute approximate surface area is 160 Å². The summed E-state index contributed by atoms with van der Waals surface area (Å²) in [6.45, 7) is 6.15. The Hall–Kier alpha value is -2.02. The van der Waals surface area contributed by atoms with Gasteiger partial charge in [-0.3, -0.25) is 4.79 Å². The minimum atomic E-state index is -0.672. The van der Waals surface area contributed by atoms with Crippen molar-refractivity contribution in [3.63, 3.8) is 0 Å². The number of carbonyl (C=O) groups is 2. The van der Waals surface area contributed by atoms with Crippen LogP contribution < -0.4 is 10.6 Å². The second kappa shape index (κ2) is 11.6. The number of nitrogens with one attached hydrogen (secondary N) is 2. The third-order valence-corrected chi connectivity index (χ3v) is 4.15. The molecule has 0 spiro atoms. The number of methoxy groups -OCH3 is 1. The number of aryl methyl sites for hydroxylation is 1. The van der Waals surface area contributed by atoms with Crippen LogP contribution in [0.5, 0.6) is 0 Å². The standard InChI is InChI=1S/C19H29N3O3S/c1-6-7-8-14-9-10-15(20-17(23)11-13(2)3)16(12-14)21-18(26-5)22-19(24)25-4/h9-10,12-13H,6-8,11H2,1-5H3,(H,20,23)(H,21,22,24). The van der Waals surface area contributed by atoms with Crippen molar-refractivity contribution in [1.29, 1.82) is 0 Å². The van der Waals surface area contributed by atoms with Gasteiger partial charge in [-0.2, -0.15) is 4.99 Å². The van der Waals surface area contributed by atoms with E-state index in [-0.39, 0.29) is 11.8 Å². The van der Waals surface area contributed by atoms with Gasteiger partial charge < -0.3 is 15.4 Å². The molecule has 0 fully saturated rings. The average molecular weight is 380 g/mol. The molecule has 2 N–H and O–H groups in total. The maximum atomic E-state index is 12.2. The van der Waals surface area contributed by atoms with Gasteiger partial charge in [-0.25, -0.2) is 4.79 Å². The van der Waals surface area contributed by atoms with Gasteiger partial charge in [0.2, 0.25) is 5.91 Å². The largest absolute Gasteiger partial charge is 0.451 e. The Balaban J connectivity index is 3.10. The Morgan fingerprint density at radius 1 is 1.23 bits per heavy atom. The lowest BCUT2D eigenvalue weighted by molar-refractivity contribution is -0.116. The molecule has 0 bridgehead atoms. The van der Waals surface area contributed by atoms with Crippen LogP contribution >= 0.6 is 11.8 Å². The quantitative estimate of drug-likeness (QED) is 0.520. The van der Waals surface area contributed by atoms with Crippen LogP contribution in [-0.4, -0.2) is 30.5 Å². The van der Waals surface area contributed by atoms with Crippen molar-refractivity contribution in [2.75, 3.05) is 24.0 Å². The summed E-state index contributed by atoms with van der Waals surface area (Å²) >= 11 is 1.30. The lowest BCUT2D eigenvalue weighted by Crippen LogP contribution is -2.17. The smallest absolute Gasteiger partial charge is 0.435 e. The van der Waals surface area contributed by atoms with E-state index in [0.29, 0.717) is 23.0 Å². The number of thioether (sulfide) groups is 1. The molecule has 0 atom stereocenters. The molecule has 26 heavy (non-hydrogen) atoms. The van der Waals surface area contributed by atoms with Crippen LogP contribution in [0.3, 0.4) is 0 Å². The van der Waals surface area contributed by atoms with E-state index in [9.17, 15) is 9.59 Å². The molecule has 0 unspecified atom stereocenters. The number of anilines is 2. The minimum absolute atomic E-state index is 0.0417. The van der Waals surface area contributed by atoms with E-state index in [0.717, 1.165) is 24.8 Å². The molecule has 1 aromatic carbocycles. The fraction of sp³-hybridized carbons (Fsp3) is 0.526. The molecule has 0 aromatic heterocycles. The number of unbranched alkanes of at least 4 members (excludes halogenated alkanes) is 1. The number of hydrogen-bond acceptors (Lipinski definition) is 4. The highest BCUT2D eigenvalue weighted by molar-refractivity contribution is 8.13. The zero-order valence-electron chi connectivity index (χ0n) is 16.2. The van der Waals surface area contributed by atoms with Gasteiger partial charge in [0, 0.05) is 6.42 Å². The van der Waals surface area contributed by atoms with Crippen molar-refractivity contribution in [3.05, 3.63) is 23.8 Å². The summed E-state index contributed by atoms with van der Waals surface area (Å²) in [6, 6.07) is 5.90. The fourth-order valence-electron chi connectivity index (χ4n) is 2.28. The van der Waals surface area contributed by atoms with Gasteiger partial charge in [0.15, 0.2) is 5.17 Å². The van der Waals surface area contributed by atoms with Crippen LogP contribution in [0.25, 0.3) is 0 Å². The van der Waals surface area contributed by atoms with Crippen LogP contribution in [-0.2, 0) is 16.0 Å². The minimum Gasteiger partial charge on any atom is -0.451 e. The van der Waals surface area contributed by atoms with E-state index < -0.39 is 6.09 Å². The second-order valence-electron chi connectivity index (χ2n) is 6.35. The second-order valence-corrected chi connectivity index (χ2v) is 7.14. The summed E-state index contributed by atoms with van der Waals surface area (Å²) in [5, 5.41) is 6.48. The fourth-order valence-corrected chi connectivity index (χ4v) is 2.66. The van der Waals surface area contributed by atoms with Crippen LogP contribution in [0.1, 0.15) is 45.6 Å². The molecule has 1 aromatic rings. The van der Waals surface area contributed by atoms with Gasteiger partial charge >= 0.3 is 6.09 Å². The van der Waals surface area contributed by atoms with E-state index in [1.54, 1.807) is 0 Å². The first kappa shape index (κ1) is 22.0. The number of hydrogen-bond donors (Lipinski definition) is 2. The first-order valence-electron chi connectivity index (χ1n) is 8.80. The number of rotatable bonds is 7. The Morgan fingerprint density at radius 2 is 1.96 bits per heavy atom. The summed E-state index contributed by atoms with van der Waals surface area (Å²) in [4.78, 5) is 27.5. The monoisotopic (exact) mass is 379 g/mol. The van der Waals surface area contributed by atoms with E-state index in [2.05, 4.69) is 27.3 Å². The summed E-state index contributed by atoms with van der Waals surface area (Å²) < 4.78 is 4.59. The molecule has 0 saturated heterocycles. The van der Waals surface area contributed by atoms with Crippen LogP contribution in [0, 0.1) is 5.92 Å². The normalized spacial score (nSPS) is 11.4. The zero-order valence-corrected chi connectivity index (χ0v) is 17.0. The van der Waals surface area contributed by atoms with Gasteiger partial charge in [-0.15, -0.1) is 0 Å². The van der Waals surface area contributed by atoms with E-state index in [1.165, 1.54) is 18.9 Å². The van der Waals surface area contributed by atoms with Gasteiger partial charge in [-0.05, 0) is 42.7 Å². The first-order chi connectivity index (χ1) is 12.4. The van der Waals surface area contributed by atoms with Crippen LogP contribution in [0.2, 0.25) is 0 Å². The predicted octanol–water partition coefficient (Wildman–Crippen LogP) is 4.91. The number of aliphatic imine (C=N–C) groups is 1. The number of benzene rings is 1. The maximum Gasteiger partial charge on any atom is 0.435 e. The Bertz CT molecular complexity index is 645. The van der Waals surface area contributed by atoms with Crippen molar-refractivity contribution in [3.8, 4) is 0 Å². The third-order valence-electron chi connectivity index (χ3n) is 3.57. The summed E-state index contributed by atoms with van der Waals surface area (Å²) in [5.41, 5.74) is 2.55. The average Bonchev–Trinajstić information content (AvgIpc) is 2.60. The van der Waals surface area contributed by atoms with Crippen molar-refractivity contribution in [2.24, 2.45) is 10.9 Å². The highest BCUT2D eigenvalue weighted by Gasteiger charge is 2.12. The molecule has 0 aliphatic carbocycles. The lowest BCUT2D eigenvalue weighted by Gasteiger charge is -2.16. The Morgan fingerprint density at radius 3 is 2.54 bits per heavy atom. The highest BCUT2D eigenvalue weighted by atomic mass is 32.2. The molecule has 0 saturated carbocycles. The van der Waals surface area contributed by atoms with Gasteiger partial charge in [0.1, 0.15) is 0 Å². The maximum absolute atomic E-state index is 12.2. The third kappa shape index (κ3) is 7.91. The van der Waals surface area contributed by atoms with E-state index in [1.807, 2.05) is 38.3 Å². The number of amidine groups is 1. The molecular formula is C19H29N3O3S. The number of nitrogens with zero attached hydrogens (tertiary/aromatic N) is 1. The van der Waals surface area contributed by atoms with Gasteiger partial charge in [-0.1, -0.05) is 45.0 Å². The molecule has 6 nitrogen and oxygen atoms in total. The first-order valence-corrected chi connectivity index (χ1v) is 10.0. The molecule has 0 aliphatic heterocycles. The summed E-state index contributed by atoms with van der Waals surface area (Å²) in [5.74, 6) is 0.234. The van der Waals surface area contributed by atoms with E-state index in [4.69, 9.17) is 0 Å². The zero-order chi connectivity index (χ0) is 19.5. The van der Waals surface area contributed by atoms with Crippen molar-refractivity contribution < 1.29 is 14.3 Å². The molecule has 0 heterocycles. The number of amides is 2. The number of ether oxygens (including phenoxy) is 1. The highest BCUT2D eigenvalue weighted by Crippen LogP contribution is 2.26. The number of carbonyl (C=O) groups excluding carboxylic acids is 2. The molecule has 7 heteroatoms. The molecule has 1 rings (SSSR count). The van der Waals surface area contributed by atoms with Crippen LogP contribution in [0.4, 0.5) is 16.2 Å². The van der Waals surface area contributed by atoms with Crippen LogP contribution in [0.15, 0.2) is 23.2 Å². The molecule has 0 aliphatic rings. The topological polar surface area (TPSA) is 79.8 Å². The SMILES string of the molecule is CCCCc1ccc(NC(=O)CC(C)C)c(NC(=NC(=O)OC)SC)c1. The van der Waals surface area contributed by atoms with Crippen molar-refractivity contribution in [2.45, 2.75) is 46.5 Å². The molecule has 144 valence electrons. The van der Waals surface area contributed by atoms with Crippen molar-refractivity contribution in [1.82, 2.24) is 0 Å². The summed E-state index contributed by atoms with van der Waals surface area (Å²) in [6.07, 6.45) is 4.73. The molecular weight excluding hydrogens is 350 g/mol. The van der Waals surface area contributed by atoms with Gasteiger partial charge in [0.25, 0.3) is 0 Å². The Kier molecular flexibility index (Phi) is 9.80. The molecule has 0 radical (unpaired) electrons. The lowest BCUT2D eigenvalue weighted by atomic mass is 10.1.